The summed E-state index contributed by atoms with van der Waals surface area (Å²) in [6, 6.07) is 9.22. The van der Waals surface area contributed by atoms with Gasteiger partial charge in [0.05, 0.1) is 28.1 Å². The average Bonchev–Trinajstić information content (AvgIpc) is 3.30. The Balaban J connectivity index is 1.49. The van der Waals surface area contributed by atoms with Gasteiger partial charge in [0.15, 0.2) is 5.75 Å². The number of alkyl halides is 3. The van der Waals surface area contributed by atoms with Gasteiger partial charge in [-0.05, 0) is 48.7 Å². The molecule has 0 spiro atoms. The highest BCUT2D eigenvalue weighted by molar-refractivity contribution is 7.17. The zero-order valence-electron chi connectivity index (χ0n) is 19.6. The molecule has 0 aliphatic rings. The summed E-state index contributed by atoms with van der Waals surface area (Å²) in [5, 5.41) is 4.28. The number of aromatic nitrogens is 1. The number of amides is 1. The van der Waals surface area contributed by atoms with Crippen LogP contribution >= 0.6 is 22.9 Å². The van der Waals surface area contributed by atoms with Gasteiger partial charge < -0.3 is 25.3 Å². The number of nitrogen functional groups attached to an aromatic ring is 1. The van der Waals surface area contributed by atoms with Crippen LogP contribution in [0.5, 0.6) is 11.5 Å². The first kappa shape index (κ1) is 27.0. The van der Waals surface area contributed by atoms with Crippen molar-refractivity contribution in [3.8, 4) is 11.5 Å². The first-order valence-electron chi connectivity index (χ1n) is 11.0. The zero-order valence-corrected chi connectivity index (χ0v) is 21.2. The van der Waals surface area contributed by atoms with Gasteiger partial charge in [-0.3, -0.25) is 4.79 Å². The number of ether oxygens (including phenoxy) is 3. The molecule has 2 aromatic carbocycles. The van der Waals surface area contributed by atoms with Crippen LogP contribution in [0.15, 0.2) is 54.0 Å². The van der Waals surface area contributed by atoms with E-state index >= 15 is 0 Å². The molecule has 4 rings (SSSR count). The molecule has 0 atom stereocenters. The quantitative estimate of drug-likeness (QED) is 0.234. The van der Waals surface area contributed by atoms with E-state index in [1.807, 2.05) is 0 Å². The van der Waals surface area contributed by atoms with Gasteiger partial charge >= 0.3 is 12.3 Å². The van der Waals surface area contributed by atoms with Crippen LogP contribution in [0.1, 0.15) is 28.4 Å². The van der Waals surface area contributed by atoms with Gasteiger partial charge in [-0.15, -0.1) is 11.3 Å². The number of carbonyl (C=O) groups is 2. The monoisotopic (exact) mass is 565 g/mol. The predicted octanol–water partition coefficient (Wildman–Crippen LogP) is 6.92. The third-order valence-corrected chi connectivity index (χ3v) is 6.52. The third kappa shape index (κ3) is 6.09. The smallest absolute Gasteiger partial charge is 0.489 e. The first-order chi connectivity index (χ1) is 18.1. The molecule has 2 heterocycles. The van der Waals surface area contributed by atoms with Crippen LogP contribution in [0.2, 0.25) is 5.02 Å². The number of hydrogen-bond donors (Lipinski definition) is 2. The largest absolute Gasteiger partial charge is 0.513 e. The van der Waals surface area contributed by atoms with E-state index in [2.05, 4.69) is 10.3 Å². The second kappa shape index (κ2) is 11.2. The van der Waals surface area contributed by atoms with E-state index in [4.69, 9.17) is 31.5 Å². The number of nitrogens with two attached hydrogens (primary N) is 1. The zero-order chi connectivity index (χ0) is 27.4. The number of anilines is 2. The van der Waals surface area contributed by atoms with E-state index in [1.165, 1.54) is 35.7 Å². The predicted molar refractivity (Wildman–Crippen MR) is 137 cm³/mol. The average molecular weight is 566 g/mol. The summed E-state index contributed by atoms with van der Waals surface area (Å²) in [5.74, 6) is 0.0967. The lowest BCUT2D eigenvalue weighted by Crippen LogP contribution is -2.13. The van der Waals surface area contributed by atoms with Crippen molar-refractivity contribution in [2.24, 2.45) is 0 Å². The number of hydrogen-bond acceptors (Lipinski definition) is 8. The van der Waals surface area contributed by atoms with E-state index in [0.29, 0.717) is 21.4 Å². The molecule has 0 aliphatic heterocycles. The van der Waals surface area contributed by atoms with Gasteiger partial charge in [-0.1, -0.05) is 17.7 Å². The maximum Gasteiger partial charge on any atom is 0.513 e. The van der Waals surface area contributed by atoms with Crippen LogP contribution < -0.4 is 20.5 Å². The van der Waals surface area contributed by atoms with Crippen molar-refractivity contribution in [1.82, 2.24) is 4.98 Å². The van der Waals surface area contributed by atoms with Crippen molar-refractivity contribution in [2.75, 3.05) is 17.7 Å². The number of pyridine rings is 1. The maximum atomic E-state index is 13.1. The Hall–Kier alpha value is -4.03. The Morgan fingerprint density at radius 1 is 1.18 bits per heavy atom. The second-order valence-electron chi connectivity index (χ2n) is 7.72. The molecule has 0 saturated heterocycles. The van der Waals surface area contributed by atoms with Crippen LogP contribution in [0.25, 0.3) is 10.1 Å². The Labute approximate surface area is 223 Å². The van der Waals surface area contributed by atoms with E-state index < -0.39 is 28.8 Å². The molecule has 38 heavy (non-hydrogen) atoms. The molecule has 0 aliphatic carbocycles. The molecule has 1 amide bonds. The lowest BCUT2D eigenvalue weighted by atomic mass is 10.1. The lowest BCUT2D eigenvalue weighted by Gasteiger charge is -2.12. The van der Waals surface area contributed by atoms with Crippen molar-refractivity contribution in [3.05, 3.63) is 75.8 Å². The van der Waals surface area contributed by atoms with Crippen LogP contribution in [-0.4, -0.2) is 23.7 Å². The highest BCUT2D eigenvalue weighted by atomic mass is 35.5. The van der Waals surface area contributed by atoms with Crippen LogP contribution in [0, 0.1) is 0 Å². The molecular formula is C25H19ClF3N3O5S. The lowest BCUT2D eigenvalue weighted by molar-refractivity contribution is -0.137. The fourth-order valence-corrected chi connectivity index (χ4v) is 4.67. The Morgan fingerprint density at radius 2 is 1.97 bits per heavy atom. The van der Waals surface area contributed by atoms with Crippen molar-refractivity contribution in [1.29, 1.82) is 0 Å². The summed E-state index contributed by atoms with van der Waals surface area (Å²) in [7, 11) is 0. The number of benzene rings is 2. The summed E-state index contributed by atoms with van der Waals surface area (Å²) in [5.41, 5.74) is 5.76. The minimum atomic E-state index is -4.66. The standard InChI is InChI=1S/C25H19ClF3N3O5S/c1-2-35-24(34)37-19-10-31-22(30)20-14(12-38-21(19)20)11-36-16-5-3-4-13(8-16)23(33)32-15-6-7-18(26)17(9-15)25(27,28)29/h3-10,12H,2,11H2,1H3,(H2,30,31)(H,32,33). The van der Waals surface area contributed by atoms with Crippen molar-refractivity contribution in [3.63, 3.8) is 0 Å². The Kier molecular flexibility index (Phi) is 7.93. The van der Waals surface area contributed by atoms with Gasteiger partial charge in [0, 0.05) is 22.2 Å². The molecule has 3 N–H and O–H groups in total. The number of rotatable bonds is 7. The van der Waals surface area contributed by atoms with Gasteiger partial charge in [0.1, 0.15) is 18.2 Å². The highest BCUT2D eigenvalue weighted by Gasteiger charge is 2.33. The van der Waals surface area contributed by atoms with Crippen LogP contribution in [0.4, 0.5) is 29.5 Å². The summed E-state index contributed by atoms with van der Waals surface area (Å²) in [4.78, 5) is 28.5. The van der Waals surface area contributed by atoms with E-state index in [9.17, 15) is 22.8 Å². The molecular weight excluding hydrogens is 547 g/mol. The number of nitrogens with zero attached hydrogens (tertiary/aromatic N) is 1. The molecule has 13 heteroatoms. The molecule has 0 radical (unpaired) electrons. The van der Waals surface area contributed by atoms with E-state index in [0.717, 1.165) is 12.1 Å². The molecule has 0 unspecified atom stereocenters. The number of fused-ring (bicyclic) bond motifs is 1. The minimum absolute atomic E-state index is 0.0476. The van der Waals surface area contributed by atoms with Gasteiger partial charge in [-0.25, -0.2) is 9.78 Å². The van der Waals surface area contributed by atoms with Crippen molar-refractivity contribution >= 4 is 56.6 Å². The number of halogens is 4. The normalized spacial score (nSPS) is 11.3. The van der Waals surface area contributed by atoms with Crippen molar-refractivity contribution < 1.29 is 37.0 Å². The molecule has 0 fully saturated rings. The van der Waals surface area contributed by atoms with Crippen LogP contribution in [0.3, 0.4) is 0 Å². The van der Waals surface area contributed by atoms with Crippen LogP contribution in [-0.2, 0) is 17.5 Å². The summed E-state index contributed by atoms with van der Waals surface area (Å²) in [6.45, 7) is 1.85. The Morgan fingerprint density at radius 3 is 2.71 bits per heavy atom. The fourth-order valence-electron chi connectivity index (χ4n) is 3.43. The van der Waals surface area contributed by atoms with E-state index in [1.54, 1.807) is 24.4 Å². The maximum absolute atomic E-state index is 13.1. The molecule has 8 nitrogen and oxygen atoms in total. The number of nitrogens with one attached hydrogen (secondary N) is 1. The van der Waals surface area contributed by atoms with Gasteiger partial charge in [0.25, 0.3) is 5.91 Å². The molecule has 0 saturated carbocycles. The molecule has 0 bridgehead atoms. The van der Waals surface area contributed by atoms with Gasteiger partial charge in [0.2, 0.25) is 0 Å². The molecule has 2 aromatic heterocycles. The number of carbonyl (C=O) groups excluding carboxylic acids is 2. The SMILES string of the molecule is CCOC(=O)Oc1cnc(N)c2c(COc3cccc(C(=O)Nc4ccc(Cl)c(C(F)(F)F)c4)c3)csc12. The molecule has 198 valence electrons. The van der Waals surface area contributed by atoms with Crippen molar-refractivity contribution in [2.45, 2.75) is 19.7 Å². The Bertz CT molecular complexity index is 1510. The molecule has 4 aromatic rings. The number of thiophene rings is 1. The fraction of sp³-hybridized carbons (Fsp3) is 0.160. The van der Waals surface area contributed by atoms with E-state index in [-0.39, 0.29) is 36.0 Å². The second-order valence-corrected chi connectivity index (χ2v) is 9.01. The van der Waals surface area contributed by atoms with Gasteiger partial charge in [-0.2, -0.15) is 13.2 Å². The summed E-state index contributed by atoms with van der Waals surface area (Å²) >= 11 is 6.91. The first-order valence-corrected chi connectivity index (χ1v) is 12.2. The third-order valence-electron chi connectivity index (χ3n) is 5.14. The summed E-state index contributed by atoms with van der Waals surface area (Å²) in [6.07, 6.45) is -4.20. The minimum Gasteiger partial charge on any atom is -0.489 e. The highest BCUT2D eigenvalue weighted by Crippen LogP contribution is 2.38. The topological polar surface area (TPSA) is 113 Å². The summed E-state index contributed by atoms with van der Waals surface area (Å²) < 4.78 is 55.8.